The Hall–Kier alpha value is -3.44. The average molecular weight is 386 g/mol. The van der Waals surface area contributed by atoms with Gasteiger partial charge in [0, 0.05) is 11.1 Å². The summed E-state index contributed by atoms with van der Waals surface area (Å²) in [7, 11) is 1.67. The van der Waals surface area contributed by atoms with E-state index in [4.69, 9.17) is 9.72 Å². The van der Waals surface area contributed by atoms with Gasteiger partial charge >= 0.3 is 0 Å². The van der Waals surface area contributed by atoms with E-state index in [1.54, 1.807) is 13.2 Å². The standard InChI is InChI=1S/C24H23N3O2/c1-16(23-26-21-11-7-6-10-20(21)24(28)27-23)25-22(17-8-4-3-5-9-17)18-12-14-19(29-2)15-13-18/h3-16,22,25H,1-2H3,(H,26,27,28)/p+1/t16-,22+/m1/s1. The van der Waals surface area contributed by atoms with E-state index in [2.05, 4.69) is 41.5 Å². The quantitative estimate of drug-likeness (QED) is 0.534. The second-order valence-corrected chi connectivity index (χ2v) is 7.11. The Labute approximate surface area is 169 Å². The number of hydrogen-bond acceptors (Lipinski definition) is 3. The summed E-state index contributed by atoms with van der Waals surface area (Å²) in [6.07, 6.45) is 0. The number of aromatic nitrogens is 2. The largest absolute Gasteiger partial charge is 0.497 e. The Morgan fingerprint density at radius 1 is 0.897 bits per heavy atom. The fraction of sp³-hybridized carbons (Fsp3) is 0.167. The normalized spacial score (nSPS) is 13.2. The molecule has 0 saturated carbocycles. The van der Waals surface area contributed by atoms with Crippen molar-refractivity contribution in [3.63, 3.8) is 0 Å². The topological polar surface area (TPSA) is 71.6 Å². The zero-order valence-electron chi connectivity index (χ0n) is 16.5. The fourth-order valence-electron chi connectivity index (χ4n) is 3.59. The molecule has 0 amide bonds. The minimum Gasteiger partial charge on any atom is -0.497 e. The third kappa shape index (κ3) is 4.05. The van der Waals surface area contributed by atoms with Crippen LogP contribution < -0.4 is 15.6 Å². The molecule has 0 saturated heterocycles. The van der Waals surface area contributed by atoms with Crippen molar-refractivity contribution in [3.8, 4) is 5.75 Å². The van der Waals surface area contributed by atoms with Crippen molar-refractivity contribution in [2.75, 3.05) is 7.11 Å². The average Bonchev–Trinajstić information content (AvgIpc) is 2.78. The summed E-state index contributed by atoms with van der Waals surface area (Å²) in [5.74, 6) is 1.50. The number of nitrogens with zero attached hydrogens (tertiary/aromatic N) is 1. The van der Waals surface area contributed by atoms with Crippen LogP contribution in [0.4, 0.5) is 0 Å². The van der Waals surface area contributed by atoms with Crippen molar-refractivity contribution in [2.45, 2.75) is 19.0 Å². The molecule has 5 nitrogen and oxygen atoms in total. The van der Waals surface area contributed by atoms with Crippen LogP contribution in [0.3, 0.4) is 0 Å². The number of fused-ring (bicyclic) bond motifs is 1. The van der Waals surface area contributed by atoms with Crippen LogP contribution >= 0.6 is 0 Å². The highest BCUT2D eigenvalue weighted by Gasteiger charge is 2.23. The van der Waals surface area contributed by atoms with Gasteiger partial charge < -0.3 is 15.0 Å². The third-order valence-corrected chi connectivity index (χ3v) is 5.18. The number of nitrogens with one attached hydrogen (secondary N) is 1. The number of H-pyrrole nitrogens is 1. The van der Waals surface area contributed by atoms with Crippen LogP contribution in [0.15, 0.2) is 83.7 Å². The van der Waals surface area contributed by atoms with E-state index in [1.807, 2.05) is 48.5 Å². The van der Waals surface area contributed by atoms with Crippen molar-refractivity contribution in [3.05, 3.63) is 106 Å². The van der Waals surface area contributed by atoms with Crippen LogP contribution in [0, 0.1) is 0 Å². The summed E-state index contributed by atoms with van der Waals surface area (Å²) in [5.41, 5.74) is 2.96. The highest BCUT2D eigenvalue weighted by molar-refractivity contribution is 5.77. The number of para-hydroxylation sites is 1. The number of methoxy groups -OCH3 is 1. The van der Waals surface area contributed by atoms with Crippen molar-refractivity contribution in [1.29, 1.82) is 0 Å². The van der Waals surface area contributed by atoms with Crippen LogP contribution in [0.1, 0.15) is 36.0 Å². The van der Waals surface area contributed by atoms with Gasteiger partial charge in [-0.15, -0.1) is 0 Å². The van der Waals surface area contributed by atoms with Gasteiger partial charge in [0.15, 0.2) is 5.82 Å². The summed E-state index contributed by atoms with van der Waals surface area (Å²) < 4.78 is 5.30. The Morgan fingerprint density at radius 3 is 2.28 bits per heavy atom. The Kier molecular flexibility index (Phi) is 5.40. The first kappa shape index (κ1) is 18.9. The fourth-order valence-corrected chi connectivity index (χ4v) is 3.59. The molecule has 0 unspecified atom stereocenters. The van der Waals surface area contributed by atoms with E-state index in [9.17, 15) is 4.79 Å². The van der Waals surface area contributed by atoms with Gasteiger partial charge in [0.05, 0.1) is 18.0 Å². The Morgan fingerprint density at radius 2 is 1.55 bits per heavy atom. The highest BCUT2D eigenvalue weighted by Crippen LogP contribution is 2.22. The van der Waals surface area contributed by atoms with E-state index in [1.165, 1.54) is 5.56 Å². The predicted octanol–water partition coefficient (Wildman–Crippen LogP) is 3.35. The van der Waals surface area contributed by atoms with Gasteiger partial charge in [0.25, 0.3) is 5.56 Å². The number of rotatable bonds is 6. The second-order valence-electron chi connectivity index (χ2n) is 7.11. The molecule has 1 heterocycles. The summed E-state index contributed by atoms with van der Waals surface area (Å²) in [5, 5.41) is 2.84. The first-order valence-electron chi connectivity index (χ1n) is 9.68. The predicted molar refractivity (Wildman–Crippen MR) is 114 cm³/mol. The maximum Gasteiger partial charge on any atom is 0.258 e. The Balaban J connectivity index is 1.69. The van der Waals surface area contributed by atoms with E-state index < -0.39 is 0 Å². The molecule has 0 radical (unpaired) electrons. The van der Waals surface area contributed by atoms with Gasteiger partial charge in [-0.1, -0.05) is 42.5 Å². The third-order valence-electron chi connectivity index (χ3n) is 5.18. The molecule has 2 atom stereocenters. The molecule has 0 aliphatic rings. The van der Waals surface area contributed by atoms with Crippen LogP contribution in [-0.2, 0) is 0 Å². The zero-order valence-corrected chi connectivity index (χ0v) is 16.5. The molecule has 146 valence electrons. The van der Waals surface area contributed by atoms with E-state index in [0.717, 1.165) is 11.3 Å². The number of aromatic amines is 1. The van der Waals surface area contributed by atoms with E-state index >= 15 is 0 Å². The smallest absolute Gasteiger partial charge is 0.258 e. The van der Waals surface area contributed by atoms with Crippen LogP contribution in [0.25, 0.3) is 10.9 Å². The van der Waals surface area contributed by atoms with Gasteiger partial charge in [0.2, 0.25) is 0 Å². The van der Waals surface area contributed by atoms with Crippen molar-refractivity contribution in [1.82, 2.24) is 9.97 Å². The molecule has 0 fully saturated rings. The van der Waals surface area contributed by atoms with Gasteiger partial charge in [-0.2, -0.15) is 0 Å². The lowest BCUT2D eigenvalue weighted by atomic mass is 9.97. The molecule has 4 rings (SSSR count). The summed E-state index contributed by atoms with van der Waals surface area (Å²) >= 11 is 0. The van der Waals surface area contributed by atoms with Gasteiger partial charge in [-0.05, 0) is 43.3 Å². The molecule has 0 aliphatic heterocycles. The second kappa shape index (κ2) is 8.29. The molecule has 29 heavy (non-hydrogen) atoms. The summed E-state index contributed by atoms with van der Waals surface area (Å²) in [6, 6.07) is 25.9. The monoisotopic (exact) mass is 386 g/mol. The van der Waals surface area contributed by atoms with E-state index in [0.29, 0.717) is 16.7 Å². The molecular weight excluding hydrogens is 362 g/mol. The van der Waals surface area contributed by atoms with Crippen LogP contribution in [0.5, 0.6) is 5.75 Å². The van der Waals surface area contributed by atoms with Crippen molar-refractivity contribution in [2.24, 2.45) is 0 Å². The lowest BCUT2D eigenvalue weighted by molar-refractivity contribution is -0.724. The molecule has 3 aromatic carbocycles. The van der Waals surface area contributed by atoms with Crippen LogP contribution in [-0.4, -0.2) is 17.1 Å². The molecule has 3 N–H and O–H groups in total. The molecule has 4 aromatic rings. The Bertz CT molecular complexity index is 1150. The van der Waals surface area contributed by atoms with Crippen molar-refractivity contribution >= 4 is 10.9 Å². The lowest BCUT2D eigenvalue weighted by Crippen LogP contribution is -2.86. The number of hydrogen-bond donors (Lipinski definition) is 2. The minimum absolute atomic E-state index is 0.0420. The molecule has 0 spiro atoms. The van der Waals surface area contributed by atoms with Gasteiger partial charge in [0.1, 0.15) is 17.8 Å². The molecule has 0 aliphatic carbocycles. The van der Waals surface area contributed by atoms with Gasteiger partial charge in [-0.25, -0.2) is 4.98 Å². The number of benzene rings is 3. The summed E-state index contributed by atoms with van der Waals surface area (Å²) in [4.78, 5) is 20.1. The first-order valence-corrected chi connectivity index (χ1v) is 9.68. The maximum atomic E-state index is 12.5. The number of ether oxygens (including phenoxy) is 1. The molecule has 0 bridgehead atoms. The van der Waals surface area contributed by atoms with Gasteiger partial charge in [-0.3, -0.25) is 4.79 Å². The SMILES string of the molecule is COc1ccc([C@@H]([NH2+][C@H](C)c2nc3ccccc3c(=O)[nH]2)c2ccccc2)cc1. The van der Waals surface area contributed by atoms with Crippen molar-refractivity contribution < 1.29 is 10.1 Å². The molecular formula is C24H24N3O2+. The molecule has 1 aromatic heterocycles. The first-order chi connectivity index (χ1) is 14.2. The molecule has 5 heteroatoms. The number of quaternary nitrogens is 1. The van der Waals surface area contributed by atoms with Crippen LogP contribution in [0.2, 0.25) is 0 Å². The highest BCUT2D eigenvalue weighted by atomic mass is 16.5. The lowest BCUT2D eigenvalue weighted by Gasteiger charge is -2.21. The maximum absolute atomic E-state index is 12.5. The number of nitrogens with two attached hydrogens (primary N) is 1. The van der Waals surface area contributed by atoms with E-state index in [-0.39, 0.29) is 17.6 Å². The summed E-state index contributed by atoms with van der Waals surface area (Å²) in [6.45, 7) is 2.06. The zero-order chi connectivity index (χ0) is 20.2. The minimum atomic E-state index is -0.105.